The van der Waals surface area contributed by atoms with Crippen LogP contribution in [0.5, 0.6) is 0 Å². The molecule has 0 spiro atoms. The normalized spacial score (nSPS) is 11.0. The van der Waals surface area contributed by atoms with Crippen molar-refractivity contribution in [2.45, 2.75) is 0 Å². The van der Waals surface area contributed by atoms with E-state index in [1.165, 1.54) is 24.1 Å². The number of carbonyl (C=O) groups is 1. The Kier molecular flexibility index (Phi) is 2.21. The van der Waals surface area contributed by atoms with E-state index in [1.54, 1.807) is 0 Å². The lowest BCUT2D eigenvalue weighted by atomic mass is 10.4. The first-order chi connectivity index (χ1) is 9.06. The second kappa shape index (κ2) is 3.77. The lowest BCUT2D eigenvalue weighted by Crippen LogP contribution is -2.19. The smallest absolute Gasteiger partial charge is 0.339 e. The second-order valence-electron chi connectivity index (χ2n) is 3.83. The summed E-state index contributed by atoms with van der Waals surface area (Å²) >= 11 is 0. The Morgan fingerprint density at radius 2 is 2.32 bits per heavy atom. The minimum Gasteiger partial charge on any atom is -0.350 e. The number of hydrogen-bond donors (Lipinski definition) is 2. The zero-order valence-electron chi connectivity index (χ0n) is 9.78. The van der Waals surface area contributed by atoms with Crippen LogP contribution in [0, 0.1) is 6.07 Å². The number of fused-ring (bicyclic) bond motifs is 1. The van der Waals surface area contributed by atoms with Gasteiger partial charge in [-0.2, -0.15) is 14.9 Å². The number of aromatic amines is 1. The fourth-order valence-corrected chi connectivity index (χ4v) is 1.62. The molecular weight excluding hydrogens is 250 g/mol. The summed E-state index contributed by atoms with van der Waals surface area (Å²) in [6, 6.07) is 2.00. The largest absolute Gasteiger partial charge is 0.350 e. The van der Waals surface area contributed by atoms with E-state index in [-0.39, 0.29) is 16.8 Å². The van der Waals surface area contributed by atoms with Crippen LogP contribution in [0.1, 0.15) is 0 Å². The van der Waals surface area contributed by atoms with Crippen molar-refractivity contribution in [2.75, 3.05) is 0 Å². The maximum Gasteiger partial charge on any atom is 0.339 e. The molecule has 0 aliphatic rings. The standard InChI is InChI=1S/C10H8N7O2/c1-16-9(18)7-6(4-12-16)13-8(14-7)5-2-3-17(15-5)10(11)19/h3-4H,1H3,(H2,11,19)(H,13,14). The fraction of sp³-hybridized carbons (Fsp3) is 0.100. The van der Waals surface area contributed by atoms with Gasteiger partial charge in [0, 0.05) is 19.3 Å². The number of nitrogens with one attached hydrogen (secondary N) is 1. The van der Waals surface area contributed by atoms with Crippen LogP contribution < -0.4 is 11.3 Å². The molecule has 3 N–H and O–H groups in total. The maximum atomic E-state index is 11.8. The number of hydrogen-bond acceptors (Lipinski definition) is 5. The van der Waals surface area contributed by atoms with Gasteiger partial charge in [0.05, 0.1) is 11.7 Å². The zero-order chi connectivity index (χ0) is 13.6. The molecule has 95 valence electrons. The Hall–Kier alpha value is -2.97. The number of aromatic nitrogens is 6. The number of carbonyl (C=O) groups excluding carboxylic acids is 1. The molecule has 3 rings (SSSR count). The van der Waals surface area contributed by atoms with Crippen molar-refractivity contribution in [3.63, 3.8) is 0 Å². The van der Waals surface area contributed by atoms with Crippen LogP contribution in [0.3, 0.4) is 0 Å². The van der Waals surface area contributed by atoms with Crippen LogP contribution in [-0.4, -0.2) is 35.6 Å². The van der Waals surface area contributed by atoms with E-state index in [0.717, 1.165) is 4.68 Å². The van der Waals surface area contributed by atoms with Gasteiger partial charge in [-0.1, -0.05) is 0 Å². The Bertz CT molecular complexity index is 841. The minimum atomic E-state index is -0.726. The molecule has 1 amide bonds. The molecule has 3 heterocycles. The first-order valence-electron chi connectivity index (χ1n) is 5.26. The molecule has 0 saturated carbocycles. The maximum absolute atomic E-state index is 11.8. The van der Waals surface area contributed by atoms with Gasteiger partial charge in [0.1, 0.15) is 5.69 Å². The summed E-state index contributed by atoms with van der Waals surface area (Å²) in [6.07, 6.45) is 2.78. The van der Waals surface area contributed by atoms with Gasteiger partial charge in [-0.3, -0.25) is 4.79 Å². The quantitative estimate of drug-likeness (QED) is 0.594. The molecule has 9 heteroatoms. The van der Waals surface area contributed by atoms with E-state index in [9.17, 15) is 9.59 Å². The van der Waals surface area contributed by atoms with Crippen molar-refractivity contribution in [3.8, 4) is 11.5 Å². The summed E-state index contributed by atoms with van der Waals surface area (Å²) in [4.78, 5) is 29.7. The Labute approximate surface area is 105 Å². The number of H-pyrrole nitrogens is 1. The second-order valence-corrected chi connectivity index (χ2v) is 3.83. The topological polar surface area (TPSA) is 124 Å². The Morgan fingerprint density at radius 3 is 3.00 bits per heavy atom. The monoisotopic (exact) mass is 258 g/mol. The zero-order valence-corrected chi connectivity index (χ0v) is 9.78. The van der Waals surface area contributed by atoms with Gasteiger partial charge < -0.3 is 10.7 Å². The lowest BCUT2D eigenvalue weighted by Gasteiger charge is -1.91. The minimum absolute atomic E-state index is 0.245. The average Bonchev–Trinajstić information content (AvgIpc) is 2.99. The van der Waals surface area contributed by atoms with Crippen molar-refractivity contribution in [3.05, 3.63) is 28.8 Å². The highest BCUT2D eigenvalue weighted by molar-refractivity contribution is 5.77. The highest BCUT2D eigenvalue weighted by Crippen LogP contribution is 2.15. The van der Waals surface area contributed by atoms with Crippen molar-refractivity contribution < 1.29 is 4.79 Å². The van der Waals surface area contributed by atoms with Crippen molar-refractivity contribution in [1.82, 2.24) is 29.5 Å². The third kappa shape index (κ3) is 1.68. The van der Waals surface area contributed by atoms with Gasteiger partial charge in [0.25, 0.3) is 5.56 Å². The van der Waals surface area contributed by atoms with Gasteiger partial charge in [-0.05, 0) is 0 Å². The number of amides is 1. The number of imidazole rings is 1. The van der Waals surface area contributed by atoms with Gasteiger partial charge in [-0.25, -0.2) is 14.5 Å². The number of nitrogens with zero attached hydrogens (tertiary/aromatic N) is 5. The number of primary amides is 1. The molecule has 1 radical (unpaired) electrons. The summed E-state index contributed by atoms with van der Waals surface area (Å²) < 4.78 is 2.11. The van der Waals surface area contributed by atoms with Crippen LogP contribution in [0.25, 0.3) is 22.6 Å². The molecule has 3 aromatic rings. The van der Waals surface area contributed by atoms with Gasteiger partial charge in [0.2, 0.25) is 0 Å². The predicted octanol–water partition coefficient (Wildman–Crippen LogP) is -0.753. The van der Waals surface area contributed by atoms with Gasteiger partial charge in [0.15, 0.2) is 11.3 Å². The van der Waals surface area contributed by atoms with Crippen molar-refractivity contribution in [2.24, 2.45) is 12.8 Å². The molecule has 19 heavy (non-hydrogen) atoms. The highest BCUT2D eigenvalue weighted by Gasteiger charge is 2.13. The van der Waals surface area contributed by atoms with Gasteiger partial charge in [-0.15, -0.1) is 0 Å². The van der Waals surface area contributed by atoms with E-state index in [0.29, 0.717) is 11.3 Å². The molecule has 9 nitrogen and oxygen atoms in total. The molecule has 0 unspecified atom stereocenters. The van der Waals surface area contributed by atoms with Crippen LogP contribution in [0.2, 0.25) is 0 Å². The summed E-state index contributed by atoms with van der Waals surface area (Å²) in [5.74, 6) is 0.320. The van der Waals surface area contributed by atoms with Crippen LogP contribution in [0.15, 0.2) is 17.2 Å². The van der Waals surface area contributed by atoms with E-state index in [4.69, 9.17) is 5.73 Å². The molecule has 0 saturated heterocycles. The molecule has 3 aromatic heterocycles. The molecule has 0 aromatic carbocycles. The summed E-state index contributed by atoms with van der Waals surface area (Å²) in [5, 5.41) is 7.76. The average molecular weight is 258 g/mol. The molecule has 0 aliphatic heterocycles. The van der Waals surface area contributed by atoms with Crippen LogP contribution in [-0.2, 0) is 7.05 Å². The molecule has 0 atom stereocenters. The molecule has 0 aliphatic carbocycles. The van der Waals surface area contributed by atoms with Crippen LogP contribution >= 0.6 is 0 Å². The Morgan fingerprint density at radius 1 is 1.53 bits per heavy atom. The van der Waals surface area contributed by atoms with E-state index in [2.05, 4.69) is 26.2 Å². The summed E-state index contributed by atoms with van der Waals surface area (Å²) in [5.41, 5.74) is 5.77. The number of rotatable bonds is 1. The highest BCUT2D eigenvalue weighted by atomic mass is 16.2. The van der Waals surface area contributed by atoms with E-state index >= 15 is 0 Å². The third-order valence-corrected chi connectivity index (χ3v) is 2.57. The van der Waals surface area contributed by atoms with Crippen molar-refractivity contribution in [1.29, 1.82) is 0 Å². The summed E-state index contributed by atoms with van der Waals surface area (Å²) in [7, 11) is 1.53. The summed E-state index contributed by atoms with van der Waals surface area (Å²) in [6.45, 7) is 0. The molecule has 0 bridgehead atoms. The lowest BCUT2D eigenvalue weighted by molar-refractivity contribution is 0.248. The van der Waals surface area contributed by atoms with Crippen molar-refractivity contribution >= 4 is 17.1 Å². The molecular formula is C10H8N7O2. The van der Waals surface area contributed by atoms with Crippen LogP contribution in [0.4, 0.5) is 4.79 Å². The SMILES string of the molecule is Cn1ncc2[nH]c(-c3[c]cn(C(N)=O)n3)nc2c1=O. The first kappa shape index (κ1) is 11.1. The molecule has 0 fully saturated rings. The predicted molar refractivity (Wildman–Crippen MR) is 64.2 cm³/mol. The van der Waals surface area contributed by atoms with E-state index in [1.807, 2.05) is 0 Å². The van der Waals surface area contributed by atoms with E-state index < -0.39 is 6.03 Å². The fourth-order valence-electron chi connectivity index (χ4n) is 1.62. The third-order valence-electron chi connectivity index (χ3n) is 2.57. The van der Waals surface area contributed by atoms with Gasteiger partial charge >= 0.3 is 6.03 Å². The number of nitrogens with two attached hydrogens (primary N) is 1. The first-order valence-corrected chi connectivity index (χ1v) is 5.26. The number of aryl methyl sites for hydroxylation is 1. The Balaban J connectivity index is 2.17.